The van der Waals surface area contributed by atoms with E-state index in [0.29, 0.717) is 0 Å². The maximum atomic E-state index is 5.07. The smallest absolute Gasteiger partial charge is 0.130 e. The zero-order chi connectivity index (χ0) is 18.1. The number of amidine groups is 1. The number of rotatable bonds is 3. The molecule has 0 aromatic heterocycles. The van der Waals surface area contributed by atoms with E-state index >= 15 is 0 Å². The Hall–Kier alpha value is -1.43. The zero-order valence-electron chi connectivity index (χ0n) is 13.7. The molecule has 4 rings (SSSR count). The van der Waals surface area contributed by atoms with Crippen LogP contribution in [0, 0.1) is 0 Å². The lowest BCUT2D eigenvalue weighted by Crippen LogP contribution is -2.25. The highest BCUT2D eigenvalue weighted by molar-refractivity contribution is 9.11. The third-order valence-electron chi connectivity index (χ3n) is 4.47. The molecule has 0 spiro atoms. The van der Waals surface area contributed by atoms with E-state index in [9.17, 15) is 0 Å². The van der Waals surface area contributed by atoms with Crippen LogP contribution in [0.1, 0.15) is 28.8 Å². The molecular weight excluding hydrogens is 520 g/mol. The van der Waals surface area contributed by atoms with E-state index in [4.69, 9.17) is 4.99 Å². The molecule has 1 aliphatic rings. The number of aliphatic imine (C=N–C) groups is 1. The van der Waals surface area contributed by atoms with Gasteiger partial charge in [0.05, 0.1) is 6.04 Å². The highest BCUT2D eigenvalue weighted by Crippen LogP contribution is 2.42. The molecule has 0 amide bonds. The van der Waals surface area contributed by atoms with Gasteiger partial charge in [-0.2, -0.15) is 0 Å². The van der Waals surface area contributed by atoms with Gasteiger partial charge in [-0.25, -0.2) is 0 Å². The van der Waals surface area contributed by atoms with Gasteiger partial charge >= 0.3 is 0 Å². The van der Waals surface area contributed by atoms with Crippen molar-refractivity contribution in [1.29, 1.82) is 0 Å². The minimum absolute atomic E-state index is 0.0219. The third kappa shape index (κ3) is 3.40. The van der Waals surface area contributed by atoms with Gasteiger partial charge in [-0.05, 0) is 29.3 Å². The molecule has 0 radical (unpaired) electrons. The predicted octanol–water partition coefficient (Wildman–Crippen LogP) is 6.81. The predicted molar refractivity (Wildman–Crippen MR) is 118 cm³/mol. The summed E-state index contributed by atoms with van der Waals surface area (Å²) in [5.41, 5.74) is 3.43. The molecule has 130 valence electrons. The van der Waals surface area contributed by atoms with Crippen molar-refractivity contribution in [3.63, 3.8) is 0 Å². The van der Waals surface area contributed by atoms with E-state index in [2.05, 4.69) is 95.6 Å². The van der Waals surface area contributed by atoms with Crippen LogP contribution >= 0.6 is 47.8 Å². The van der Waals surface area contributed by atoms with Crippen LogP contribution in [0.15, 0.2) is 91.2 Å². The fourth-order valence-corrected chi connectivity index (χ4v) is 4.74. The van der Waals surface area contributed by atoms with Crippen LogP contribution in [0.5, 0.6) is 0 Å². The first-order valence-electron chi connectivity index (χ1n) is 8.23. The molecular formula is C21H15Br3N2. The Morgan fingerprint density at radius 3 is 1.81 bits per heavy atom. The number of benzene rings is 3. The molecule has 0 aliphatic carbocycles. The van der Waals surface area contributed by atoms with Gasteiger partial charge in [0.1, 0.15) is 11.9 Å². The van der Waals surface area contributed by atoms with Crippen LogP contribution < -0.4 is 5.32 Å². The first-order chi connectivity index (χ1) is 12.6. The minimum atomic E-state index is -0.0219. The standard InChI is InChI=1S/C21H15Br3N2/c22-16-10-4-1-7-13(16)19-20(14-8-2-5-11-17(14)23)26-21(25-19)15-9-3-6-12-18(15)24/h1-12,19-20H,(H,25,26)/t19-,20+. The van der Waals surface area contributed by atoms with E-state index in [1.165, 1.54) is 11.1 Å². The number of nitrogens with zero attached hydrogens (tertiary/aromatic N) is 1. The lowest BCUT2D eigenvalue weighted by molar-refractivity contribution is 0.568. The van der Waals surface area contributed by atoms with Crippen molar-refractivity contribution < 1.29 is 0 Å². The van der Waals surface area contributed by atoms with E-state index in [-0.39, 0.29) is 12.1 Å². The maximum absolute atomic E-state index is 5.07. The number of halogens is 3. The average Bonchev–Trinajstić information content (AvgIpc) is 3.07. The summed E-state index contributed by atoms with van der Waals surface area (Å²) in [5.74, 6) is 0.902. The van der Waals surface area contributed by atoms with Crippen molar-refractivity contribution in [2.24, 2.45) is 4.99 Å². The Bertz CT molecular complexity index is 984. The minimum Gasteiger partial charge on any atom is -0.360 e. The van der Waals surface area contributed by atoms with Crippen molar-refractivity contribution in [1.82, 2.24) is 5.32 Å². The highest BCUT2D eigenvalue weighted by atomic mass is 79.9. The van der Waals surface area contributed by atoms with Gasteiger partial charge in [-0.15, -0.1) is 0 Å². The second kappa shape index (κ2) is 7.67. The highest BCUT2D eigenvalue weighted by Gasteiger charge is 2.34. The molecule has 1 heterocycles. The van der Waals surface area contributed by atoms with Gasteiger partial charge < -0.3 is 5.32 Å². The van der Waals surface area contributed by atoms with Crippen molar-refractivity contribution in [2.45, 2.75) is 12.1 Å². The van der Waals surface area contributed by atoms with Gasteiger partial charge in [-0.3, -0.25) is 4.99 Å². The molecule has 5 heteroatoms. The molecule has 2 nitrogen and oxygen atoms in total. The molecule has 2 atom stereocenters. The van der Waals surface area contributed by atoms with E-state index in [0.717, 1.165) is 24.8 Å². The quantitative estimate of drug-likeness (QED) is 0.392. The summed E-state index contributed by atoms with van der Waals surface area (Å²) in [7, 11) is 0. The molecule has 0 fully saturated rings. The summed E-state index contributed by atoms with van der Waals surface area (Å²) in [5, 5.41) is 3.65. The molecule has 3 aromatic rings. The lowest BCUT2D eigenvalue weighted by atomic mass is 9.95. The molecule has 3 aromatic carbocycles. The van der Waals surface area contributed by atoms with Gasteiger partial charge in [-0.1, -0.05) is 102 Å². The molecule has 1 N–H and O–H groups in total. The van der Waals surface area contributed by atoms with Gasteiger partial charge in [0.15, 0.2) is 0 Å². The molecule has 0 saturated carbocycles. The first kappa shape index (κ1) is 18.0. The average molecular weight is 535 g/mol. The maximum Gasteiger partial charge on any atom is 0.130 e. The second-order valence-electron chi connectivity index (χ2n) is 6.07. The van der Waals surface area contributed by atoms with Crippen LogP contribution in [0.3, 0.4) is 0 Å². The Morgan fingerprint density at radius 1 is 0.654 bits per heavy atom. The first-order valence-corrected chi connectivity index (χ1v) is 10.6. The van der Waals surface area contributed by atoms with Gasteiger partial charge in [0, 0.05) is 19.0 Å². The molecule has 0 bridgehead atoms. The topological polar surface area (TPSA) is 24.4 Å². The third-order valence-corrected chi connectivity index (χ3v) is 6.61. The summed E-state index contributed by atoms with van der Waals surface area (Å²) >= 11 is 11.0. The van der Waals surface area contributed by atoms with E-state index in [1.807, 2.05) is 30.3 Å². The molecule has 26 heavy (non-hydrogen) atoms. The van der Waals surface area contributed by atoms with Gasteiger partial charge in [0.25, 0.3) is 0 Å². The van der Waals surface area contributed by atoms with Crippen molar-refractivity contribution in [3.8, 4) is 0 Å². The summed E-state index contributed by atoms with van der Waals surface area (Å²) in [6.07, 6.45) is 0. The molecule has 0 saturated heterocycles. The summed E-state index contributed by atoms with van der Waals surface area (Å²) < 4.78 is 3.18. The van der Waals surface area contributed by atoms with Crippen LogP contribution in [-0.4, -0.2) is 5.84 Å². The Kier molecular flexibility index (Phi) is 5.30. The summed E-state index contributed by atoms with van der Waals surface area (Å²) in [6.45, 7) is 0. The number of nitrogens with one attached hydrogen (secondary N) is 1. The van der Waals surface area contributed by atoms with Gasteiger partial charge in [0.2, 0.25) is 0 Å². The zero-order valence-corrected chi connectivity index (χ0v) is 18.4. The Labute approximate surface area is 178 Å². The van der Waals surface area contributed by atoms with E-state index < -0.39 is 0 Å². The fraction of sp³-hybridized carbons (Fsp3) is 0.0952. The number of hydrogen-bond acceptors (Lipinski definition) is 2. The molecule has 1 aliphatic heterocycles. The Balaban J connectivity index is 1.83. The summed E-state index contributed by atoms with van der Waals surface area (Å²) in [4.78, 5) is 5.07. The SMILES string of the molecule is Brc1ccccc1C1=N[C@H](c2ccccc2Br)[C@H](c2ccccc2Br)N1. The van der Waals surface area contributed by atoms with Crippen molar-refractivity contribution in [2.75, 3.05) is 0 Å². The van der Waals surface area contributed by atoms with Crippen LogP contribution in [0.4, 0.5) is 0 Å². The normalized spacial score (nSPS) is 19.1. The van der Waals surface area contributed by atoms with Crippen molar-refractivity contribution in [3.05, 3.63) is 103 Å². The number of hydrogen-bond donors (Lipinski definition) is 1. The largest absolute Gasteiger partial charge is 0.360 e. The van der Waals surface area contributed by atoms with E-state index in [1.54, 1.807) is 0 Å². The second-order valence-corrected chi connectivity index (χ2v) is 8.63. The molecule has 0 unspecified atom stereocenters. The monoisotopic (exact) mass is 532 g/mol. The van der Waals surface area contributed by atoms with Crippen LogP contribution in [-0.2, 0) is 0 Å². The fourth-order valence-electron chi connectivity index (χ4n) is 3.22. The van der Waals surface area contributed by atoms with Crippen LogP contribution in [0.2, 0.25) is 0 Å². The van der Waals surface area contributed by atoms with Crippen molar-refractivity contribution >= 4 is 53.6 Å². The summed E-state index contributed by atoms with van der Waals surface area (Å²) in [6, 6.07) is 24.8. The lowest BCUT2D eigenvalue weighted by Gasteiger charge is -2.21. The van der Waals surface area contributed by atoms with Crippen LogP contribution in [0.25, 0.3) is 0 Å². The Morgan fingerprint density at radius 2 is 1.19 bits per heavy atom.